The Balaban J connectivity index is 1.96. The van der Waals surface area contributed by atoms with Crippen LogP contribution in [-0.2, 0) is 10.0 Å². The van der Waals surface area contributed by atoms with Crippen LogP contribution < -0.4 is 9.46 Å². The van der Waals surface area contributed by atoms with Crippen LogP contribution in [0.3, 0.4) is 0 Å². The third kappa shape index (κ3) is 3.90. The lowest BCUT2D eigenvalue weighted by Gasteiger charge is -2.12. The average molecular weight is 402 g/mol. The molecular weight excluding hydrogens is 384 g/mol. The normalized spacial score (nSPS) is 12.5. The van der Waals surface area contributed by atoms with Gasteiger partial charge in [0.05, 0.1) is 18.0 Å². The molecule has 1 aromatic heterocycles. The Morgan fingerprint density at radius 2 is 1.79 bits per heavy atom. The molecule has 2 N–H and O–H groups in total. The highest BCUT2D eigenvalue weighted by Gasteiger charge is 2.29. The predicted octanol–water partition coefficient (Wildman–Crippen LogP) is 3.09. The lowest BCUT2D eigenvalue weighted by molar-refractivity contribution is 0.0694. The number of nitrogens with one attached hydrogen (secondary N) is 1. The molecule has 3 rings (SSSR count). The zero-order chi connectivity index (χ0) is 20.3. The molecule has 8 nitrogen and oxygen atoms in total. The van der Waals surface area contributed by atoms with Gasteiger partial charge in [-0.25, -0.2) is 17.9 Å². The Kier molecular flexibility index (Phi) is 5.48. The molecule has 0 aliphatic carbocycles. The molecule has 0 fully saturated rings. The molecule has 1 unspecified atom stereocenters. The number of aromatic nitrogens is 1. The summed E-state index contributed by atoms with van der Waals surface area (Å²) in [6, 6.07) is 13.4. The first-order chi connectivity index (χ1) is 13.3. The molecule has 0 bridgehead atoms. The van der Waals surface area contributed by atoms with Gasteiger partial charge in [0.25, 0.3) is 0 Å². The van der Waals surface area contributed by atoms with Crippen LogP contribution in [0.25, 0.3) is 11.3 Å². The predicted molar refractivity (Wildman–Crippen MR) is 101 cm³/mol. The van der Waals surface area contributed by atoms with Gasteiger partial charge >= 0.3 is 5.97 Å². The van der Waals surface area contributed by atoms with E-state index in [2.05, 4.69) is 9.88 Å². The number of carboxylic acids is 1. The van der Waals surface area contributed by atoms with E-state index < -0.39 is 22.0 Å². The molecule has 146 valence electrons. The average Bonchev–Trinajstić information content (AvgIpc) is 3.14. The maximum atomic E-state index is 12.5. The molecule has 2 aromatic carbocycles. The largest absolute Gasteiger partial charge is 0.497 e. The summed E-state index contributed by atoms with van der Waals surface area (Å²) >= 11 is 0. The van der Waals surface area contributed by atoms with Crippen LogP contribution in [0.4, 0.5) is 0 Å². The van der Waals surface area contributed by atoms with Crippen molar-refractivity contribution >= 4 is 16.0 Å². The van der Waals surface area contributed by atoms with E-state index in [0.717, 1.165) is 0 Å². The van der Waals surface area contributed by atoms with Crippen LogP contribution in [0, 0.1) is 0 Å². The van der Waals surface area contributed by atoms with E-state index in [0.29, 0.717) is 11.3 Å². The molecule has 0 spiro atoms. The number of carbonyl (C=O) groups is 1. The second kappa shape index (κ2) is 7.83. The molecule has 1 heterocycles. The van der Waals surface area contributed by atoms with Gasteiger partial charge in [-0.3, -0.25) is 0 Å². The van der Waals surface area contributed by atoms with Gasteiger partial charge in [-0.1, -0.05) is 23.4 Å². The van der Waals surface area contributed by atoms with Crippen LogP contribution in [0.2, 0.25) is 0 Å². The molecule has 0 aliphatic rings. The van der Waals surface area contributed by atoms with Crippen molar-refractivity contribution in [3.05, 3.63) is 65.9 Å². The summed E-state index contributed by atoms with van der Waals surface area (Å²) in [5.41, 5.74) is 0.413. The lowest BCUT2D eigenvalue weighted by atomic mass is 10.0. The summed E-state index contributed by atoms with van der Waals surface area (Å²) in [6.45, 7) is 1.49. The fourth-order valence-electron chi connectivity index (χ4n) is 2.70. The molecule has 28 heavy (non-hydrogen) atoms. The molecule has 1 atom stereocenters. The first-order valence-corrected chi connectivity index (χ1v) is 9.76. The zero-order valence-corrected chi connectivity index (χ0v) is 15.9. The van der Waals surface area contributed by atoms with Crippen LogP contribution in [0.1, 0.15) is 29.1 Å². The van der Waals surface area contributed by atoms with Gasteiger partial charge < -0.3 is 14.4 Å². The summed E-state index contributed by atoms with van der Waals surface area (Å²) in [4.78, 5) is 11.9. The van der Waals surface area contributed by atoms with Crippen molar-refractivity contribution in [1.82, 2.24) is 9.88 Å². The molecular formula is C19H18N2O6S. The standard InChI is InChI=1S/C19H18N2O6S/c1-12(21-28(24,25)15-6-4-3-5-7-15)18-16(19(22)23)17(20-27-18)13-8-10-14(26-2)11-9-13/h3-12,21H,1-2H3,(H,22,23). The van der Waals surface area contributed by atoms with E-state index in [9.17, 15) is 18.3 Å². The van der Waals surface area contributed by atoms with E-state index in [1.165, 1.54) is 26.2 Å². The Morgan fingerprint density at radius 3 is 2.36 bits per heavy atom. The van der Waals surface area contributed by atoms with Crippen molar-refractivity contribution in [2.75, 3.05) is 7.11 Å². The van der Waals surface area contributed by atoms with Crippen molar-refractivity contribution in [1.29, 1.82) is 0 Å². The van der Waals surface area contributed by atoms with Gasteiger partial charge in [0.15, 0.2) is 5.76 Å². The number of ether oxygens (including phenoxy) is 1. The fourth-order valence-corrected chi connectivity index (χ4v) is 3.93. The van der Waals surface area contributed by atoms with Crippen molar-refractivity contribution in [3.63, 3.8) is 0 Å². The van der Waals surface area contributed by atoms with Gasteiger partial charge in [0.2, 0.25) is 10.0 Å². The quantitative estimate of drug-likeness (QED) is 0.623. The number of benzene rings is 2. The summed E-state index contributed by atoms with van der Waals surface area (Å²) in [6.07, 6.45) is 0. The smallest absolute Gasteiger partial charge is 0.341 e. The molecule has 0 saturated heterocycles. The van der Waals surface area contributed by atoms with Gasteiger partial charge in [0, 0.05) is 5.56 Å². The summed E-state index contributed by atoms with van der Waals surface area (Å²) in [5.74, 6) is -0.751. The molecule has 0 aliphatic heterocycles. The lowest BCUT2D eigenvalue weighted by Crippen LogP contribution is -2.27. The maximum absolute atomic E-state index is 12.5. The summed E-state index contributed by atoms with van der Waals surface area (Å²) in [5, 5.41) is 13.5. The SMILES string of the molecule is COc1ccc(-c2noc(C(C)NS(=O)(=O)c3ccccc3)c2C(=O)O)cc1. The Labute approximate surface area is 161 Å². The first kappa shape index (κ1) is 19.6. The highest BCUT2D eigenvalue weighted by molar-refractivity contribution is 7.89. The number of aromatic carboxylic acids is 1. The van der Waals surface area contributed by atoms with Crippen LogP contribution in [-0.4, -0.2) is 31.8 Å². The fraction of sp³-hybridized carbons (Fsp3) is 0.158. The van der Waals surface area contributed by atoms with Crippen molar-refractivity contribution in [2.45, 2.75) is 17.9 Å². The monoisotopic (exact) mass is 402 g/mol. The van der Waals surface area contributed by atoms with E-state index in [-0.39, 0.29) is 21.9 Å². The van der Waals surface area contributed by atoms with Crippen molar-refractivity contribution < 1.29 is 27.6 Å². The minimum atomic E-state index is -3.86. The van der Waals surface area contributed by atoms with Crippen molar-refractivity contribution in [3.8, 4) is 17.0 Å². The zero-order valence-electron chi connectivity index (χ0n) is 15.1. The Morgan fingerprint density at radius 1 is 1.14 bits per heavy atom. The van der Waals surface area contributed by atoms with Crippen LogP contribution in [0.5, 0.6) is 5.75 Å². The van der Waals surface area contributed by atoms with E-state index in [1.54, 1.807) is 42.5 Å². The van der Waals surface area contributed by atoms with E-state index >= 15 is 0 Å². The number of methoxy groups -OCH3 is 1. The van der Waals surface area contributed by atoms with E-state index in [4.69, 9.17) is 9.26 Å². The molecule has 0 amide bonds. The second-order valence-corrected chi connectivity index (χ2v) is 7.67. The van der Waals surface area contributed by atoms with Gasteiger partial charge in [-0.05, 0) is 43.3 Å². The molecule has 3 aromatic rings. The number of hydrogen-bond acceptors (Lipinski definition) is 6. The third-order valence-electron chi connectivity index (χ3n) is 4.07. The van der Waals surface area contributed by atoms with Gasteiger partial charge in [-0.15, -0.1) is 0 Å². The molecule has 9 heteroatoms. The van der Waals surface area contributed by atoms with E-state index in [1.807, 2.05) is 0 Å². The van der Waals surface area contributed by atoms with Crippen molar-refractivity contribution in [2.24, 2.45) is 0 Å². The first-order valence-electron chi connectivity index (χ1n) is 8.28. The Hall–Kier alpha value is -3.17. The minimum absolute atomic E-state index is 0.0635. The number of sulfonamides is 1. The number of nitrogens with zero attached hydrogens (tertiary/aromatic N) is 1. The maximum Gasteiger partial charge on any atom is 0.341 e. The number of carboxylic acid groups (broad SMARTS) is 1. The third-order valence-corrected chi connectivity index (χ3v) is 5.63. The minimum Gasteiger partial charge on any atom is -0.497 e. The number of rotatable bonds is 7. The van der Waals surface area contributed by atoms with Crippen LogP contribution >= 0.6 is 0 Å². The van der Waals surface area contributed by atoms with Gasteiger partial charge in [0.1, 0.15) is 17.0 Å². The summed E-state index contributed by atoms with van der Waals surface area (Å²) < 4.78 is 37.8. The highest BCUT2D eigenvalue weighted by atomic mass is 32.2. The van der Waals surface area contributed by atoms with Gasteiger partial charge in [-0.2, -0.15) is 0 Å². The second-order valence-electron chi connectivity index (χ2n) is 5.96. The number of hydrogen-bond donors (Lipinski definition) is 2. The Bertz CT molecular complexity index is 1080. The topological polar surface area (TPSA) is 119 Å². The highest BCUT2D eigenvalue weighted by Crippen LogP contribution is 2.31. The molecule has 0 radical (unpaired) electrons. The van der Waals surface area contributed by atoms with Crippen LogP contribution in [0.15, 0.2) is 64.0 Å². The summed E-state index contributed by atoms with van der Waals surface area (Å²) in [7, 11) is -2.34. The molecule has 0 saturated carbocycles.